The minimum atomic E-state index is -1.39. The first-order chi connectivity index (χ1) is 8.43. The van der Waals surface area contributed by atoms with E-state index in [0.29, 0.717) is 0 Å². The summed E-state index contributed by atoms with van der Waals surface area (Å²) in [6.07, 6.45) is -3.73. The SMILES string of the molecule is [2H]C(C=C)N1C[C@H](O)[C@H](O)[C@H](O)[C@@H]1[C@H](O)CCO. The van der Waals surface area contributed by atoms with Gasteiger partial charge in [0.2, 0.25) is 0 Å². The Balaban J connectivity index is 2.92. The standard InChI is InChI=1S/C11H21NO5/c1-2-4-12-6-8(15)10(16)11(17)9(12)7(14)3-5-13/h2,7-11,13-17H,1,3-6H2/t7-,8+,9+,10+,11-/m1/s1/i4D/t4?,7-,8+,9+,10+,11-. The first kappa shape index (κ1) is 12.9. The van der Waals surface area contributed by atoms with Gasteiger partial charge >= 0.3 is 0 Å². The Labute approximate surface area is 102 Å². The van der Waals surface area contributed by atoms with Crippen LogP contribution in [0.2, 0.25) is 0 Å². The Bertz CT molecular complexity index is 280. The number of aliphatic hydroxyl groups excluding tert-OH is 5. The molecule has 17 heavy (non-hydrogen) atoms. The lowest BCUT2D eigenvalue weighted by atomic mass is 9.89. The normalized spacial score (nSPS) is 39.5. The molecule has 1 aliphatic heterocycles. The lowest BCUT2D eigenvalue weighted by Crippen LogP contribution is -2.64. The van der Waals surface area contributed by atoms with Crippen molar-refractivity contribution in [2.45, 2.75) is 36.9 Å². The molecule has 1 saturated heterocycles. The number of rotatable bonds is 5. The van der Waals surface area contributed by atoms with Gasteiger partial charge < -0.3 is 25.5 Å². The van der Waals surface area contributed by atoms with E-state index in [1.807, 2.05) is 0 Å². The molecule has 1 unspecified atom stereocenters. The maximum atomic E-state index is 9.91. The lowest BCUT2D eigenvalue weighted by Gasteiger charge is -2.45. The average molecular weight is 248 g/mol. The van der Waals surface area contributed by atoms with Gasteiger partial charge in [0.15, 0.2) is 0 Å². The van der Waals surface area contributed by atoms with Crippen LogP contribution in [0.5, 0.6) is 0 Å². The van der Waals surface area contributed by atoms with Crippen molar-refractivity contribution in [2.24, 2.45) is 0 Å². The number of hydrogen-bond acceptors (Lipinski definition) is 6. The third-order valence-corrected chi connectivity index (χ3v) is 2.99. The number of nitrogens with zero attached hydrogens (tertiary/aromatic N) is 1. The zero-order valence-electron chi connectivity index (χ0n) is 10.6. The minimum absolute atomic E-state index is 0.0188. The van der Waals surface area contributed by atoms with Gasteiger partial charge in [-0.3, -0.25) is 4.90 Å². The molecule has 0 radical (unpaired) electrons. The van der Waals surface area contributed by atoms with Crippen LogP contribution in [0.4, 0.5) is 0 Å². The third kappa shape index (κ3) is 3.25. The van der Waals surface area contributed by atoms with E-state index in [1.54, 1.807) is 0 Å². The second kappa shape index (κ2) is 6.44. The average Bonchev–Trinajstić information content (AvgIpc) is 2.34. The highest BCUT2D eigenvalue weighted by Crippen LogP contribution is 2.22. The highest BCUT2D eigenvalue weighted by molar-refractivity contribution is 4.99. The van der Waals surface area contributed by atoms with Crippen LogP contribution in [0.25, 0.3) is 0 Å². The Morgan fingerprint density at radius 3 is 2.59 bits per heavy atom. The molecule has 1 rings (SSSR count). The summed E-state index contributed by atoms with van der Waals surface area (Å²) in [5.41, 5.74) is 0. The smallest absolute Gasteiger partial charge is 0.109 e. The van der Waals surface area contributed by atoms with Crippen molar-refractivity contribution in [3.63, 3.8) is 0 Å². The van der Waals surface area contributed by atoms with Crippen LogP contribution in [0, 0.1) is 0 Å². The van der Waals surface area contributed by atoms with Crippen molar-refractivity contribution < 1.29 is 26.9 Å². The first-order valence-corrected chi connectivity index (χ1v) is 5.57. The van der Waals surface area contributed by atoms with E-state index in [1.165, 1.54) is 11.0 Å². The number of β-amino-alcohol motifs (C(OH)–C–C–N with tert-alkyl or cyclic N) is 1. The topological polar surface area (TPSA) is 104 Å². The zero-order chi connectivity index (χ0) is 13.9. The molecule has 0 spiro atoms. The number of piperidine rings is 1. The highest BCUT2D eigenvalue weighted by atomic mass is 16.4. The Morgan fingerprint density at radius 2 is 2.06 bits per heavy atom. The van der Waals surface area contributed by atoms with Crippen LogP contribution in [0.3, 0.4) is 0 Å². The molecule has 5 N–H and O–H groups in total. The summed E-state index contributed by atoms with van der Waals surface area (Å²) in [6, 6.07) is -0.920. The van der Waals surface area contributed by atoms with E-state index in [-0.39, 0.29) is 19.6 Å². The Kier molecular flexibility index (Phi) is 4.90. The molecular formula is C11H21NO5. The summed E-state index contributed by atoms with van der Waals surface area (Å²) < 4.78 is 7.75. The van der Waals surface area contributed by atoms with Crippen LogP contribution in [0.1, 0.15) is 7.79 Å². The van der Waals surface area contributed by atoms with Gasteiger partial charge in [-0.15, -0.1) is 6.58 Å². The number of aliphatic hydroxyl groups is 5. The van der Waals surface area contributed by atoms with E-state index in [2.05, 4.69) is 6.58 Å². The summed E-state index contributed by atoms with van der Waals surface area (Å²) >= 11 is 0. The Morgan fingerprint density at radius 1 is 1.41 bits per heavy atom. The van der Waals surface area contributed by atoms with Gasteiger partial charge in [0.05, 0.1) is 18.2 Å². The first-order valence-electron chi connectivity index (χ1n) is 6.15. The largest absolute Gasteiger partial charge is 0.396 e. The summed E-state index contributed by atoms with van der Waals surface area (Å²) in [5.74, 6) is 0. The molecule has 0 aliphatic carbocycles. The fraction of sp³-hybridized carbons (Fsp3) is 0.818. The predicted octanol–water partition coefficient (Wildman–Crippen LogP) is -2.32. The summed E-state index contributed by atoms with van der Waals surface area (Å²) in [6.45, 7) is 2.22. The van der Waals surface area contributed by atoms with Gasteiger partial charge in [0.1, 0.15) is 12.2 Å². The fourth-order valence-electron chi connectivity index (χ4n) is 2.12. The van der Waals surface area contributed by atoms with Crippen molar-refractivity contribution >= 4 is 0 Å². The Hall–Kier alpha value is -0.500. The second-order valence-electron chi connectivity index (χ2n) is 4.20. The molecule has 6 atom stereocenters. The van der Waals surface area contributed by atoms with E-state index in [9.17, 15) is 20.4 Å². The number of hydrogen-bond donors (Lipinski definition) is 5. The van der Waals surface area contributed by atoms with E-state index >= 15 is 0 Å². The molecule has 1 heterocycles. The molecule has 6 heteroatoms. The van der Waals surface area contributed by atoms with Crippen LogP contribution in [-0.2, 0) is 0 Å². The molecular weight excluding hydrogens is 226 g/mol. The van der Waals surface area contributed by atoms with Crippen LogP contribution < -0.4 is 0 Å². The summed E-state index contributed by atoms with van der Waals surface area (Å²) in [5, 5.41) is 47.8. The second-order valence-corrected chi connectivity index (χ2v) is 4.20. The van der Waals surface area contributed by atoms with Crippen molar-refractivity contribution in [3.8, 4) is 0 Å². The van der Waals surface area contributed by atoms with Crippen LogP contribution in [0.15, 0.2) is 12.7 Å². The maximum Gasteiger partial charge on any atom is 0.109 e. The fourth-order valence-corrected chi connectivity index (χ4v) is 2.12. The molecule has 6 nitrogen and oxygen atoms in total. The van der Waals surface area contributed by atoms with Crippen molar-refractivity contribution in [1.29, 1.82) is 0 Å². The summed E-state index contributed by atoms with van der Waals surface area (Å²) in [7, 11) is 0. The molecule has 0 bridgehead atoms. The minimum Gasteiger partial charge on any atom is -0.396 e. The van der Waals surface area contributed by atoms with Gasteiger partial charge in [-0.2, -0.15) is 0 Å². The van der Waals surface area contributed by atoms with E-state index in [4.69, 9.17) is 6.48 Å². The lowest BCUT2D eigenvalue weighted by molar-refractivity contribution is -0.158. The molecule has 0 amide bonds. The zero-order valence-corrected chi connectivity index (χ0v) is 9.55. The molecule has 0 saturated carbocycles. The van der Waals surface area contributed by atoms with E-state index < -0.39 is 37.0 Å². The third-order valence-electron chi connectivity index (χ3n) is 2.99. The van der Waals surface area contributed by atoms with Crippen molar-refractivity contribution in [1.82, 2.24) is 4.90 Å². The molecule has 100 valence electrons. The maximum absolute atomic E-state index is 9.91. The van der Waals surface area contributed by atoms with Crippen molar-refractivity contribution in [3.05, 3.63) is 12.7 Å². The van der Waals surface area contributed by atoms with Gasteiger partial charge in [-0.1, -0.05) is 6.08 Å². The predicted molar refractivity (Wildman–Crippen MR) is 61.3 cm³/mol. The van der Waals surface area contributed by atoms with Crippen LogP contribution in [-0.4, -0.2) is 80.6 Å². The van der Waals surface area contributed by atoms with Gasteiger partial charge in [-0.25, -0.2) is 0 Å². The van der Waals surface area contributed by atoms with Crippen LogP contribution >= 0.6 is 0 Å². The molecule has 1 aliphatic rings. The number of likely N-dealkylation sites (tertiary alicyclic amines) is 1. The van der Waals surface area contributed by atoms with E-state index in [0.717, 1.165) is 0 Å². The highest BCUT2D eigenvalue weighted by Gasteiger charge is 2.43. The van der Waals surface area contributed by atoms with Gasteiger partial charge in [0.25, 0.3) is 0 Å². The monoisotopic (exact) mass is 248 g/mol. The molecule has 1 fully saturated rings. The molecule has 0 aromatic rings. The summed E-state index contributed by atoms with van der Waals surface area (Å²) in [4.78, 5) is 1.36. The van der Waals surface area contributed by atoms with Crippen molar-refractivity contribution in [2.75, 3.05) is 19.7 Å². The van der Waals surface area contributed by atoms with Gasteiger partial charge in [0, 0.05) is 21.0 Å². The molecule has 0 aromatic heterocycles. The quantitative estimate of drug-likeness (QED) is 0.350. The van der Waals surface area contributed by atoms with Gasteiger partial charge in [-0.05, 0) is 6.42 Å². The molecule has 0 aromatic carbocycles.